The Balaban J connectivity index is 2.09. The molecule has 3 rings (SSSR count). The van der Waals surface area contributed by atoms with Crippen molar-refractivity contribution in [1.82, 2.24) is 10.2 Å². The summed E-state index contributed by atoms with van der Waals surface area (Å²) in [5.74, 6) is -1.70. The fourth-order valence-corrected chi connectivity index (χ4v) is 4.39. The number of nitrogens with zero attached hydrogens (tertiary/aromatic N) is 1. The molecule has 4 unspecified atom stereocenters. The van der Waals surface area contributed by atoms with Crippen LogP contribution >= 0.6 is 0 Å². The van der Waals surface area contributed by atoms with Crippen LogP contribution in [0.3, 0.4) is 0 Å². The Labute approximate surface area is 159 Å². The first-order valence-corrected chi connectivity index (χ1v) is 9.39. The summed E-state index contributed by atoms with van der Waals surface area (Å²) < 4.78 is 10.5. The van der Waals surface area contributed by atoms with Crippen LogP contribution in [0.25, 0.3) is 0 Å². The molecule has 7 heteroatoms. The van der Waals surface area contributed by atoms with Gasteiger partial charge in [-0.05, 0) is 38.0 Å². The number of likely N-dealkylation sites (tertiary alicyclic amines) is 1. The molecule has 2 aliphatic heterocycles. The Morgan fingerprint density at radius 1 is 1.15 bits per heavy atom. The third-order valence-corrected chi connectivity index (χ3v) is 5.73. The van der Waals surface area contributed by atoms with Gasteiger partial charge in [0.15, 0.2) is 0 Å². The summed E-state index contributed by atoms with van der Waals surface area (Å²) in [5.41, 5.74) is -0.369. The van der Waals surface area contributed by atoms with Gasteiger partial charge >= 0.3 is 5.97 Å². The van der Waals surface area contributed by atoms with Gasteiger partial charge in [-0.2, -0.15) is 0 Å². The van der Waals surface area contributed by atoms with Crippen molar-refractivity contribution in [3.05, 3.63) is 29.8 Å². The van der Waals surface area contributed by atoms with E-state index in [4.69, 9.17) is 9.47 Å². The molecule has 2 amide bonds. The topological polar surface area (TPSA) is 84.9 Å². The van der Waals surface area contributed by atoms with Crippen LogP contribution in [0.2, 0.25) is 0 Å². The molecule has 0 radical (unpaired) electrons. The second kappa shape index (κ2) is 7.31. The van der Waals surface area contributed by atoms with Crippen LogP contribution in [0.4, 0.5) is 0 Å². The van der Waals surface area contributed by atoms with Crippen LogP contribution in [-0.4, -0.2) is 48.5 Å². The third-order valence-electron chi connectivity index (χ3n) is 5.73. The van der Waals surface area contributed by atoms with Crippen LogP contribution in [0.5, 0.6) is 5.75 Å². The Bertz CT molecular complexity index is 747. The lowest BCUT2D eigenvalue weighted by molar-refractivity contribution is -0.156. The van der Waals surface area contributed by atoms with E-state index in [1.54, 1.807) is 33.1 Å². The Morgan fingerprint density at radius 3 is 2.33 bits per heavy atom. The smallest absolute Gasteiger partial charge is 0.327 e. The van der Waals surface area contributed by atoms with E-state index in [-0.39, 0.29) is 18.4 Å². The van der Waals surface area contributed by atoms with E-state index in [1.165, 1.54) is 4.90 Å². The summed E-state index contributed by atoms with van der Waals surface area (Å²) in [4.78, 5) is 40.2. The largest absolute Gasteiger partial charge is 0.497 e. The summed E-state index contributed by atoms with van der Waals surface area (Å²) in [5, 5.41) is 3.32. The number of benzene rings is 1. The summed E-state index contributed by atoms with van der Waals surface area (Å²) in [6.45, 7) is 5.85. The quantitative estimate of drug-likeness (QED) is 0.602. The molecular formula is C20H26N2O5. The summed E-state index contributed by atoms with van der Waals surface area (Å²) >= 11 is 0. The Morgan fingerprint density at radius 2 is 1.81 bits per heavy atom. The van der Waals surface area contributed by atoms with Crippen molar-refractivity contribution >= 4 is 17.8 Å². The molecule has 2 saturated heterocycles. The molecule has 1 aromatic carbocycles. The average Bonchev–Trinajstić information content (AvgIpc) is 3.16. The first-order chi connectivity index (χ1) is 12.9. The zero-order valence-corrected chi connectivity index (χ0v) is 16.2. The molecular weight excluding hydrogens is 348 g/mol. The SMILES string of the molecule is CCOC(=O)C1(CC)NC(c2ccc(OC)cc2)C2C(=O)N(CC)C(=O)C21. The van der Waals surface area contributed by atoms with Crippen LogP contribution in [0, 0.1) is 11.8 Å². The highest BCUT2D eigenvalue weighted by atomic mass is 16.5. The van der Waals surface area contributed by atoms with E-state index in [1.807, 2.05) is 19.1 Å². The third kappa shape index (κ3) is 2.81. The predicted octanol–water partition coefficient (Wildman–Crippen LogP) is 1.67. The fourth-order valence-electron chi connectivity index (χ4n) is 4.39. The molecule has 2 fully saturated rings. The minimum absolute atomic E-state index is 0.215. The van der Waals surface area contributed by atoms with E-state index in [0.29, 0.717) is 18.7 Å². The lowest BCUT2D eigenvalue weighted by Gasteiger charge is -2.31. The number of rotatable bonds is 6. The van der Waals surface area contributed by atoms with Crippen molar-refractivity contribution in [2.24, 2.45) is 11.8 Å². The van der Waals surface area contributed by atoms with Crippen molar-refractivity contribution < 1.29 is 23.9 Å². The lowest BCUT2D eigenvalue weighted by atomic mass is 9.78. The van der Waals surface area contributed by atoms with Crippen LogP contribution < -0.4 is 10.1 Å². The van der Waals surface area contributed by atoms with Gasteiger partial charge in [0.1, 0.15) is 11.3 Å². The standard InChI is InChI=1S/C20H26N2O5/c1-5-20(19(25)27-7-3)15-14(17(23)22(6-2)18(15)24)16(21-20)12-8-10-13(26-4)11-9-12/h8-11,14-16,21H,5-7H2,1-4H3. The van der Waals surface area contributed by atoms with Crippen molar-refractivity contribution in [1.29, 1.82) is 0 Å². The van der Waals surface area contributed by atoms with Gasteiger partial charge in [0.05, 0.1) is 25.6 Å². The molecule has 7 nitrogen and oxygen atoms in total. The highest BCUT2D eigenvalue weighted by Gasteiger charge is 2.67. The fraction of sp³-hybridized carbons (Fsp3) is 0.550. The molecule has 2 heterocycles. The first kappa shape index (κ1) is 19.4. The molecule has 146 valence electrons. The maximum atomic E-state index is 13.0. The van der Waals surface area contributed by atoms with Crippen LogP contribution in [0.15, 0.2) is 24.3 Å². The van der Waals surface area contributed by atoms with Crippen LogP contribution in [-0.2, 0) is 19.1 Å². The number of ether oxygens (including phenoxy) is 2. The van der Waals surface area contributed by atoms with Gasteiger partial charge in [-0.1, -0.05) is 19.1 Å². The number of fused-ring (bicyclic) bond motifs is 1. The molecule has 0 spiro atoms. The molecule has 4 atom stereocenters. The van der Waals surface area contributed by atoms with E-state index in [0.717, 1.165) is 5.56 Å². The maximum Gasteiger partial charge on any atom is 0.327 e. The first-order valence-electron chi connectivity index (χ1n) is 9.39. The van der Waals surface area contributed by atoms with Crippen molar-refractivity contribution in [3.63, 3.8) is 0 Å². The van der Waals surface area contributed by atoms with Gasteiger partial charge in [0, 0.05) is 12.6 Å². The number of imide groups is 1. The molecule has 0 aliphatic carbocycles. The van der Waals surface area contributed by atoms with E-state index < -0.39 is 29.4 Å². The zero-order valence-electron chi connectivity index (χ0n) is 16.2. The number of methoxy groups -OCH3 is 1. The number of carbonyl (C=O) groups excluding carboxylic acids is 3. The second-order valence-corrected chi connectivity index (χ2v) is 6.86. The minimum atomic E-state index is -1.21. The Hall–Kier alpha value is -2.41. The van der Waals surface area contributed by atoms with Gasteiger partial charge in [0.25, 0.3) is 0 Å². The van der Waals surface area contributed by atoms with Gasteiger partial charge in [-0.25, -0.2) is 0 Å². The zero-order chi connectivity index (χ0) is 19.8. The normalized spacial score (nSPS) is 29.8. The minimum Gasteiger partial charge on any atom is -0.497 e. The van der Waals surface area contributed by atoms with Gasteiger partial charge in [0.2, 0.25) is 11.8 Å². The number of amides is 2. The highest BCUT2D eigenvalue weighted by molar-refractivity contribution is 6.09. The van der Waals surface area contributed by atoms with Crippen molar-refractivity contribution in [2.45, 2.75) is 38.8 Å². The molecule has 27 heavy (non-hydrogen) atoms. The summed E-state index contributed by atoms with van der Waals surface area (Å²) in [6.07, 6.45) is 0.357. The van der Waals surface area contributed by atoms with Crippen molar-refractivity contribution in [2.75, 3.05) is 20.3 Å². The van der Waals surface area contributed by atoms with Crippen molar-refractivity contribution in [3.8, 4) is 5.75 Å². The molecule has 0 bridgehead atoms. The Kier molecular flexibility index (Phi) is 5.24. The van der Waals surface area contributed by atoms with Gasteiger partial charge in [-0.15, -0.1) is 0 Å². The number of hydrogen-bond donors (Lipinski definition) is 1. The number of esters is 1. The molecule has 1 aromatic rings. The molecule has 0 saturated carbocycles. The molecule has 1 N–H and O–H groups in total. The van der Waals surface area contributed by atoms with E-state index in [2.05, 4.69) is 5.32 Å². The van der Waals surface area contributed by atoms with E-state index in [9.17, 15) is 14.4 Å². The second-order valence-electron chi connectivity index (χ2n) is 6.86. The number of carbonyl (C=O) groups is 3. The highest BCUT2D eigenvalue weighted by Crippen LogP contribution is 2.50. The summed E-state index contributed by atoms with van der Waals surface area (Å²) in [7, 11) is 1.58. The van der Waals surface area contributed by atoms with E-state index >= 15 is 0 Å². The molecule has 2 aliphatic rings. The lowest BCUT2D eigenvalue weighted by Crippen LogP contribution is -2.56. The maximum absolute atomic E-state index is 13.0. The average molecular weight is 374 g/mol. The van der Waals surface area contributed by atoms with Gasteiger partial charge < -0.3 is 9.47 Å². The predicted molar refractivity (Wildman–Crippen MR) is 97.9 cm³/mol. The molecule has 0 aromatic heterocycles. The van der Waals surface area contributed by atoms with Gasteiger partial charge in [-0.3, -0.25) is 24.6 Å². The summed E-state index contributed by atoms with van der Waals surface area (Å²) in [6, 6.07) is 6.88. The van der Waals surface area contributed by atoms with Crippen LogP contribution in [0.1, 0.15) is 38.8 Å². The number of nitrogens with one attached hydrogen (secondary N) is 1. The number of hydrogen-bond acceptors (Lipinski definition) is 6. The monoisotopic (exact) mass is 374 g/mol.